The van der Waals surface area contributed by atoms with Gasteiger partial charge >= 0.3 is 0 Å². The highest BCUT2D eigenvalue weighted by molar-refractivity contribution is 5.79. The number of amides is 1. The van der Waals surface area contributed by atoms with Crippen molar-refractivity contribution in [2.24, 2.45) is 5.92 Å². The maximum Gasteiger partial charge on any atom is 0.223 e. The van der Waals surface area contributed by atoms with Crippen molar-refractivity contribution in [2.75, 3.05) is 32.8 Å². The monoisotopic (exact) mass is 329 g/mol. The second-order valence-corrected chi connectivity index (χ2v) is 7.59. The molecule has 1 aromatic heterocycles. The van der Waals surface area contributed by atoms with Crippen LogP contribution in [0.3, 0.4) is 0 Å². The SMILES string of the molecule is O=C1CCC2(CCN(C[C@@H]3CCOC3)CC2)N1Cc1ccncc1. The average Bonchev–Trinajstić information content (AvgIpc) is 3.22. The minimum absolute atomic E-state index is 0.0863. The molecule has 0 aromatic carbocycles. The molecule has 130 valence electrons. The second kappa shape index (κ2) is 6.81. The third-order valence-electron chi connectivity index (χ3n) is 6.10. The summed E-state index contributed by atoms with van der Waals surface area (Å²) in [7, 11) is 0. The molecular formula is C19H27N3O2. The summed E-state index contributed by atoms with van der Waals surface area (Å²) in [5.41, 5.74) is 1.27. The summed E-state index contributed by atoms with van der Waals surface area (Å²) >= 11 is 0. The number of rotatable bonds is 4. The van der Waals surface area contributed by atoms with Crippen LogP contribution in [-0.2, 0) is 16.1 Å². The van der Waals surface area contributed by atoms with Gasteiger partial charge in [-0.05, 0) is 49.3 Å². The van der Waals surface area contributed by atoms with E-state index in [9.17, 15) is 4.79 Å². The summed E-state index contributed by atoms with van der Waals surface area (Å²) in [4.78, 5) is 21.3. The van der Waals surface area contributed by atoms with E-state index in [0.29, 0.717) is 18.2 Å². The van der Waals surface area contributed by atoms with E-state index in [-0.39, 0.29) is 5.54 Å². The lowest BCUT2D eigenvalue weighted by atomic mass is 9.84. The van der Waals surface area contributed by atoms with E-state index < -0.39 is 0 Å². The molecule has 0 radical (unpaired) electrons. The first-order valence-corrected chi connectivity index (χ1v) is 9.25. The van der Waals surface area contributed by atoms with Crippen LogP contribution in [0.5, 0.6) is 0 Å². The Morgan fingerprint density at radius 1 is 1.21 bits per heavy atom. The fourth-order valence-corrected chi connectivity index (χ4v) is 4.56. The van der Waals surface area contributed by atoms with E-state index >= 15 is 0 Å². The maximum atomic E-state index is 12.5. The zero-order chi connectivity index (χ0) is 16.4. The van der Waals surface area contributed by atoms with Crippen LogP contribution in [0.1, 0.15) is 37.7 Å². The number of carbonyl (C=O) groups is 1. The van der Waals surface area contributed by atoms with Crippen molar-refractivity contribution in [3.05, 3.63) is 30.1 Å². The van der Waals surface area contributed by atoms with Gasteiger partial charge in [0.25, 0.3) is 0 Å². The molecule has 1 atom stereocenters. The highest BCUT2D eigenvalue weighted by Crippen LogP contribution is 2.40. The Kier molecular flexibility index (Phi) is 4.55. The fraction of sp³-hybridized carbons (Fsp3) is 0.684. The molecule has 4 heterocycles. The van der Waals surface area contributed by atoms with Crippen LogP contribution in [-0.4, -0.2) is 59.1 Å². The van der Waals surface area contributed by atoms with Gasteiger partial charge in [0.15, 0.2) is 0 Å². The second-order valence-electron chi connectivity index (χ2n) is 7.59. The molecule has 1 aromatic rings. The first-order chi connectivity index (χ1) is 11.8. The molecule has 3 saturated heterocycles. The van der Waals surface area contributed by atoms with Crippen LogP contribution in [0, 0.1) is 5.92 Å². The predicted octanol–water partition coefficient (Wildman–Crippen LogP) is 2.08. The van der Waals surface area contributed by atoms with Crippen molar-refractivity contribution in [1.29, 1.82) is 0 Å². The van der Waals surface area contributed by atoms with Gasteiger partial charge in [0.1, 0.15) is 0 Å². The first-order valence-electron chi connectivity index (χ1n) is 9.25. The highest BCUT2D eigenvalue weighted by Gasteiger charge is 2.46. The lowest BCUT2D eigenvalue weighted by Crippen LogP contribution is -2.53. The van der Waals surface area contributed by atoms with Crippen LogP contribution in [0.25, 0.3) is 0 Å². The molecule has 4 rings (SSSR count). The first kappa shape index (κ1) is 16.0. The van der Waals surface area contributed by atoms with Crippen LogP contribution < -0.4 is 0 Å². The maximum absolute atomic E-state index is 12.5. The molecule has 3 aliphatic heterocycles. The van der Waals surface area contributed by atoms with Gasteiger partial charge in [-0.25, -0.2) is 0 Å². The van der Waals surface area contributed by atoms with E-state index in [1.54, 1.807) is 0 Å². The van der Waals surface area contributed by atoms with E-state index in [4.69, 9.17) is 4.74 Å². The molecule has 5 nitrogen and oxygen atoms in total. The summed E-state index contributed by atoms with van der Waals surface area (Å²) in [6.07, 6.45) is 8.78. The van der Waals surface area contributed by atoms with Crippen molar-refractivity contribution in [2.45, 2.75) is 44.2 Å². The minimum Gasteiger partial charge on any atom is -0.381 e. The molecule has 0 unspecified atom stereocenters. The standard InChI is InChI=1S/C19H27N3O2/c23-18-1-5-19(22(18)14-16-2-8-20-9-3-16)6-10-21(11-7-19)13-17-4-12-24-15-17/h2-3,8-9,17H,1,4-7,10-15H2/t17-/m0/s1. The molecule has 3 fully saturated rings. The van der Waals surface area contributed by atoms with Crippen molar-refractivity contribution in [3.8, 4) is 0 Å². The Morgan fingerprint density at radius 3 is 2.71 bits per heavy atom. The Labute approximate surface area is 144 Å². The fourth-order valence-electron chi connectivity index (χ4n) is 4.56. The zero-order valence-corrected chi connectivity index (χ0v) is 14.3. The van der Waals surface area contributed by atoms with Gasteiger partial charge in [-0.2, -0.15) is 0 Å². The largest absolute Gasteiger partial charge is 0.381 e. The minimum atomic E-state index is 0.0863. The molecule has 24 heavy (non-hydrogen) atoms. The number of hydrogen-bond donors (Lipinski definition) is 0. The number of carbonyl (C=O) groups excluding carboxylic acids is 1. The van der Waals surface area contributed by atoms with Crippen molar-refractivity contribution in [1.82, 2.24) is 14.8 Å². The highest BCUT2D eigenvalue weighted by atomic mass is 16.5. The van der Waals surface area contributed by atoms with Crippen molar-refractivity contribution >= 4 is 5.91 Å². The molecule has 0 N–H and O–H groups in total. The van der Waals surface area contributed by atoms with E-state index in [1.807, 2.05) is 24.5 Å². The summed E-state index contributed by atoms with van der Waals surface area (Å²) in [6, 6.07) is 4.04. The molecule has 0 aliphatic carbocycles. The molecule has 1 spiro atoms. The Morgan fingerprint density at radius 2 is 2.00 bits per heavy atom. The summed E-state index contributed by atoms with van der Waals surface area (Å²) in [6.45, 7) is 5.96. The summed E-state index contributed by atoms with van der Waals surface area (Å²) in [5, 5.41) is 0. The Bertz CT molecular complexity index is 563. The van der Waals surface area contributed by atoms with Gasteiger partial charge in [0.2, 0.25) is 5.91 Å². The van der Waals surface area contributed by atoms with Crippen LogP contribution in [0.4, 0.5) is 0 Å². The van der Waals surface area contributed by atoms with Gasteiger partial charge in [-0.1, -0.05) is 0 Å². The smallest absolute Gasteiger partial charge is 0.223 e. The molecule has 0 bridgehead atoms. The Hall–Kier alpha value is -1.46. The topological polar surface area (TPSA) is 45.7 Å². The molecular weight excluding hydrogens is 302 g/mol. The normalized spacial score (nSPS) is 27.2. The summed E-state index contributed by atoms with van der Waals surface area (Å²) < 4.78 is 5.50. The lowest BCUT2D eigenvalue weighted by Gasteiger charge is -2.45. The van der Waals surface area contributed by atoms with Gasteiger partial charge in [0, 0.05) is 57.1 Å². The van der Waals surface area contributed by atoms with Gasteiger partial charge in [0.05, 0.1) is 6.61 Å². The lowest BCUT2D eigenvalue weighted by molar-refractivity contribution is -0.133. The Balaban J connectivity index is 1.39. The number of likely N-dealkylation sites (tertiary alicyclic amines) is 2. The number of hydrogen-bond acceptors (Lipinski definition) is 4. The van der Waals surface area contributed by atoms with Crippen LogP contribution in [0.2, 0.25) is 0 Å². The summed E-state index contributed by atoms with van der Waals surface area (Å²) in [5.74, 6) is 1.03. The number of nitrogens with zero attached hydrogens (tertiary/aromatic N) is 3. The van der Waals surface area contributed by atoms with E-state index in [0.717, 1.165) is 58.7 Å². The molecule has 3 aliphatic rings. The number of aromatic nitrogens is 1. The average molecular weight is 329 g/mol. The van der Waals surface area contributed by atoms with Gasteiger partial charge in [-0.15, -0.1) is 0 Å². The van der Waals surface area contributed by atoms with Crippen molar-refractivity contribution < 1.29 is 9.53 Å². The molecule has 1 amide bonds. The third-order valence-corrected chi connectivity index (χ3v) is 6.10. The van der Waals surface area contributed by atoms with E-state index in [2.05, 4.69) is 14.8 Å². The third kappa shape index (κ3) is 3.20. The van der Waals surface area contributed by atoms with Crippen LogP contribution >= 0.6 is 0 Å². The molecule has 5 heteroatoms. The zero-order valence-electron chi connectivity index (χ0n) is 14.3. The quantitative estimate of drug-likeness (QED) is 0.848. The van der Waals surface area contributed by atoms with Crippen molar-refractivity contribution in [3.63, 3.8) is 0 Å². The van der Waals surface area contributed by atoms with Gasteiger partial charge < -0.3 is 14.5 Å². The van der Waals surface area contributed by atoms with E-state index in [1.165, 1.54) is 12.0 Å². The predicted molar refractivity (Wildman–Crippen MR) is 91.4 cm³/mol. The van der Waals surface area contributed by atoms with Crippen LogP contribution in [0.15, 0.2) is 24.5 Å². The number of pyridine rings is 1. The van der Waals surface area contributed by atoms with Gasteiger partial charge in [-0.3, -0.25) is 9.78 Å². The number of piperidine rings is 1. The molecule has 0 saturated carbocycles. The number of ether oxygens (including phenoxy) is 1.